The molecule has 0 aliphatic heterocycles. The average molecular weight is 291 g/mol. The summed E-state index contributed by atoms with van der Waals surface area (Å²) < 4.78 is 9.09. The second-order valence-electron chi connectivity index (χ2n) is 3.88. The van der Waals surface area contributed by atoms with Gasteiger partial charge < -0.3 is 15.8 Å². The largest absolute Gasteiger partial charge is 0.450 e. The third-order valence-corrected chi connectivity index (χ3v) is 2.39. The van der Waals surface area contributed by atoms with Crippen LogP contribution in [-0.4, -0.2) is 28.9 Å². The monoisotopic (exact) mass is 291 g/mol. The summed E-state index contributed by atoms with van der Waals surface area (Å²) in [5.74, 6) is -0.632. The van der Waals surface area contributed by atoms with Crippen molar-refractivity contribution in [3.05, 3.63) is 30.0 Å². The highest BCUT2D eigenvalue weighted by atomic mass is 16.6. The van der Waals surface area contributed by atoms with Crippen LogP contribution in [0.4, 0.5) is 22.0 Å². The fourth-order valence-corrected chi connectivity index (χ4v) is 1.47. The number of carbonyl (C=O) groups is 2. The second-order valence-corrected chi connectivity index (χ2v) is 3.88. The van der Waals surface area contributed by atoms with Crippen molar-refractivity contribution in [1.82, 2.24) is 10.3 Å². The molecule has 110 valence electrons. The number of benzene rings is 1. The zero-order valence-electron chi connectivity index (χ0n) is 11.1. The molecule has 1 aromatic heterocycles. The van der Waals surface area contributed by atoms with Crippen LogP contribution < -0.4 is 16.4 Å². The minimum absolute atomic E-state index is 0.0897. The Morgan fingerprint density at radius 3 is 2.33 bits per heavy atom. The molecule has 9 heteroatoms. The number of nitrogen functional groups attached to an aromatic ring is 1. The van der Waals surface area contributed by atoms with Crippen molar-refractivity contribution in [3.63, 3.8) is 0 Å². The maximum Gasteiger partial charge on any atom is 0.411 e. The van der Waals surface area contributed by atoms with Gasteiger partial charge in [-0.3, -0.25) is 10.1 Å². The topological polar surface area (TPSA) is 132 Å². The lowest BCUT2D eigenvalue weighted by molar-refractivity contribution is 0.101. The van der Waals surface area contributed by atoms with Crippen LogP contribution in [0.3, 0.4) is 0 Å². The molecule has 2 aromatic rings. The van der Waals surface area contributed by atoms with Gasteiger partial charge in [0.1, 0.15) is 0 Å². The smallest absolute Gasteiger partial charge is 0.411 e. The third-order valence-electron chi connectivity index (χ3n) is 2.39. The van der Waals surface area contributed by atoms with Crippen molar-refractivity contribution in [2.24, 2.45) is 0 Å². The maximum atomic E-state index is 11.8. The van der Waals surface area contributed by atoms with Gasteiger partial charge in [0.2, 0.25) is 11.5 Å². The summed E-state index contributed by atoms with van der Waals surface area (Å²) in [4.78, 5) is 23.0. The van der Waals surface area contributed by atoms with Crippen LogP contribution in [0.1, 0.15) is 17.4 Å². The molecule has 0 aliphatic rings. The number of rotatable bonds is 4. The lowest BCUT2D eigenvalue weighted by Gasteiger charge is -2.07. The first-order valence-electron chi connectivity index (χ1n) is 6.03. The van der Waals surface area contributed by atoms with Crippen LogP contribution in [0.5, 0.6) is 0 Å². The molecule has 2 rings (SSSR count). The summed E-state index contributed by atoms with van der Waals surface area (Å²) in [5, 5.41) is 11.8. The van der Waals surface area contributed by atoms with Crippen molar-refractivity contribution in [1.29, 1.82) is 0 Å². The van der Waals surface area contributed by atoms with E-state index in [-0.39, 0.29) is 18.1 Å². The molecule has 0 aliphatic carbocycles. The van der Waals surface area contributed by atoms with E-state index in [0.717, 1.165) is 0 Å². The Bertz CT molecular complexity index is 637. The van der Waals surface area contributed by atoms with E-state index in [2.05, 4.69) is 25.6 Å². The molecule has 1 aromatic carbocycles. The Morgan fingerprint density at radius 1 is 1.19 bits per heavy atom. The van der Waals surface area contributed by atoms with Crippen LogP contribution in [0.15, 0.2) is 28.9 Å². The molecule has 2 amide bonds. The van der Waals surface area contributed by atoms with Crippen molar-refractivity contribution >= 4 is 29.2 Å². The predicted octanol–water partition coefficient (Wildman–Crippen LogP) is 1.47. The summed E-state index contributed by atoms with van der Waals surface area (Å²) in [6.45, 7) is 2.00. The van der Waals surface area contributed by atoms with Crippen LogP contribution in [0, 0.1) is 0 Å². The Hall–Kier alpha value is -3.10. The normalized spacial score (nSPS) is 9.95. The van der Waals surface area contributed by atoms with Gasteiger partial charge >= 0.3 is 6.09 Å². The number of aromatic nitrogens is 2. The SMILES string of the molecule is CCOC(=O)Nc1ccc(NC(=O)c2nonc2N)cc1. The van der Waals surface area contributed by atoms with E-state index in [1.165, 1.54) is 0 Å². The second kappa shape index (κ2) is 6.37. The minimum atomic E-state index is -0.546. The highest BCUT2D eigenvalue weighted by Gasteiger charge is 2.15. The Balaban J connectivity index is 1.98. The van der Waals surface area contributed by atoms with E-state index in [9.17, 15) is 9.59 Å². The van der Waals surface area contributed by atoms with E-state index in [4.69, 9.17) is 10.5 Å². The summed E-state index contributed by atoms with van der Waals surface area (Å²) in [7, 11) is 0. The van der Waals surface area contributed by atoms with Gasteiger partial charge in [0.15, 0.2) is 0 Å². The molecule has 0 saturated heterocycles. The molecular formula is C12H13N5O4. The summed E-state index contributed by atoms with van der Waals surface area (Å²) in [6, 6.07) is 6.42. The molecule has 0 fully saturated rings. The van der Waals surface area contributed by atoms with Crippen molar-refractivity contribution in [2.45, 2.75) is 6.92 Å². The molecule has 0 atom stereocenters. The zero-order chi connectivity index (χ0) is 15.2. The number of amides is 2. The molecule has 4 N–H and O–H groups in total. The highest BCUT2D eigenvalue weighted by molar-refractivity contribution is 6.05. The molecule has 0 saturated carbocycles. The van der Waals surface area contributed by atoms with Crippen LogP contribution in [0.2, 0.25) is 0 Å². The van der Waals surface area contributed by atoms with Crippen molar-refractivity contribution in [2.75, 3.05) is 23.0 Å². The lowest BCUT2D eigenvalue weighted by Crippen LogP contribution is -2.15. The van der Waals surface area contributed by atoms with Gasteiger partial charge in [-0.1, -0.05) is 0 Å². The lowest BCUT2D eigenvalue weighted by atomic mass is 10.2. The predicted molar refractivity (Wildman–Crippen MR) is 73.8 cm³/mol. The highest BCUT2D eigenvalue weighted by Crippen LogP contribution is 2.15. The molecule has 0 unspecified atom stereocenters. The van der Waals surface area contributed by atoms with Crippen molar-refractivity contribution in [3.8, 4) is 0 Å². The maximum absolute atomic E-state index is 11.8. The van der Waals surface area contributed by atoms with Crippen LogP contribution in [-0.2, 0) is 4.74 Å². The Labute approximate surface area is 119 Å². The first-order valence-corrected chi connectivity index (χ1v) is 6.03. The number of ether oxygens (including phenoxy) is 1. The molecule has 0 spiro atoms. The van der Waals surface area contributed by atoms with E-state index >= 15 is 0 Å². The third kappa shape index (κ3) is 3.69. The van der Waals surface area contributed by atoms with Gasteiger partial charge in [-0.25, -0.2) is 9.42 Å². The van der Waals surface area contributed by atoms with Gasteiger partial charge in [-0.05, 0) is 41.5 Å². The fourth-order valence-electron chi connectivity index (χ4n) is 1.47. The van der Waals surface area contributed by atoms with E-state index in [1.807, 2.05) is 0 Å². The van der Waals surface area contributed by atoms with E-state index in [1.54, 1.807) is 31.2 Å². The Kier molecular flexibility index (Phi) is 4.34. The van der Waals surface area contributed by atoms with E-state index < -0.39 is 12.0 Å². The molecule has 9 nitrogen and oxygen atoms in total. The number of hydrogen-bond donors (Lipinski definition) is 3. The van der Waals surface area contributed by atoms with Crippen LogP contribution >= 0.6 is 0 Å². The van der Waals surface area contributed by atoms with Crippen LogP contribution in [0.25, 0.3) is 0 Å². The summed E-state index contributed by atoms with van der Waals surface area (Å²) >= 11 is 0. The summed E-state index contributed by atoms with van der Waals surface area (Å²) in [5.41, 5.74) is 6.35. The fraction of sp³-hybridized carbons (Fsp3) is 0.167. The first kappa shape index (κ1) is 14.3. The first-order chi connectivity index (χ1) is 10.1. The molecule has 21 heavy (non-hydrogen) atoms. The molecule has 0 radical (unpaired) electrons. The minimum Gasteiger partial charge on any atom is -0.450 e. The van der Waals surface area contributed by atoms with Gasteiger partial charge in [0.05, 0.1) is 6.61 Å². The van der Waals surface area contributed by atoms with Gasteiger partial charge in [0.25, 0.3) is 5.91 Å². The van der Waals surface area contributed by atoms with Gasteiger partial charge in [-0.2, -0.15) is 0 Å². The molecule has 1 heterocycles. The zero-order valence-corrected chi connectivity index (χ0v) is 11.1. The van der Waals surface area contributed by atoms with E-state index in [0.29, 0.717) is 11.4 Å². The summed E-state index contributed by atoms with van der Waals surface area (Å²) in [6.07, 6.45) is -0.546. The number of nitrogens with zero attached hydrogens (tertiary/aromatic N) is 2. The number of nitrogens with one attached hydrogen (secondary N) is 2. The number of anilines is 3. The number of hydrogen-bond acceptors (Lipinski definition) is 7. The standard InChI is InChI=1S/C12H13N5O4/c1-2-20-12(19)15-8-5-3-7(4-6-8)14-11(18)9-10(13)17-21-16-9/h3-6H,2H2,1H3,(H2,13,17)(H,14,18)(H,15,19). The molecule has 0 bridgehead atoms. The number of carbonyl (C=O) groups excluding carboxylic acids is 2. The quantitative estimate of drug-likeness (QED) is 0.776. The van der Waals surface area contributed by atoms with Crippen molar-refractivity contribution < 1.29 is 19.0 Å². The Morgan fingerprint density at radius 2 is 1.81 bits per heavy atom. The van der Waals surface area contributed by atoms with Gasteiger partial charge in [-0.15, -0.1) is 0 Å². The number of nitrogens with two attached hydrogens (primary N) is 1. The molecular weight excluding hydrogens is 278 g/mol. The average Bonchev–Trinajstić information content (AvgIpc) is 2.87. The van der Waals surface area contributed by atoms with Gasteiger partial charge in [0, 0.05) is 11.4 Å².